The highest BCUT2D eigenvalue weighted by atomic mass is 19.4. The molecule has 1 atom stereocenters. The molecule has 1 aromatic rings. The van der Waals surface area contributed by atoms with Crippen molar-refractivity contribution in [2.24, 2.45) is 5.73 Å². The van der Waals surface area contributed by atoms with E-state index in [1.165, 1.54) is 0 Å². The van der Waals surface area contributed by atoms with Gasteiger partial charge in [0.1, 0.15) is 0 Å². The molecule has 8 heteroatoms. The first kappa shape index (κ1) is 11.2. The second-order valence-corrected chi connectivity index (χ2v) is 3.83. The van der Waals surface area contributed by atoms with Crippen LogP contribution < -0.4 is 10.6 Å². The number of nitrogens with two attached hydrogens (primary N) is 1. The van der Waals surface area contributed by atoms with Gasteiger partial charge in [0.15, 0.2) is 0 Å². The lowest BCUT2D eigenvalue weighted by atomic mass is 10.1. The molecule has 0 saturated carbocycles. The van der Waals surface area contributed by atoms with Crippen molar-refractivity contribution in [1.82, 2.24) is 15.2 Å². The molecule has 2 rings (SSSR count). The second kappa shape index (κ2) is 3.93. The molecule has 0 spiro atoms. The molecule has 1 aliphatic heterocycles. The highest BCUT2D eigenvalue weighted by molar-refractivity contribution is 5.30. The van der Waals surface area contributed by atoms with Gasteiger partial charge in [-0.15, -0.1) is 5.10 Å². The van der Waals surface area contributed by atoms with Crippen molar-refractivity contribution in [2.75, 3.05) is 18.0 Å². The van der Waals surface area contributed by atoms with Crippen molar-refractivity contribution in [3.63, 3.8) is 0 Å². The van der Waals surface area contributed by atoms with Crippen LogP contribution in [0.3, 0.4) is 0 Å². The fourth-order valence-corrected chi connectivity index (χ4v) is 1.71. The van der Waals surface area contributed by atoms with E-state index in [4.69, 9.17) is 5.73 Å². The number of nitrogens with one attached hydrogen (secondary N) is 1. The van der Waals surface area contributed by atoms with Gasteiger partial charge in [0.25, 0.3) is 0 Å². The monoisotopic (exact) mass is 235 g/mol. The van der Waals surface area contributed by atoms with Gasteiger partial charge in [0.2, 0.25) is 11.8 Å². The van der Waals surface area contributed by atoms with Crippen LogP contribution in [0.5, 0.6) is 0 Å². The number of halogens is 3. The van der Waals surface area contributed by atoms with Crippen LogP contribution in [-0.4, -0.2) is 34.3 Å². The molecule has 1 fully saturated rings. The summed E-state index contributed by atoms with van der Waals surface area (Å²) in [5, 5.41) is 5.44. The van der Waals surface area contributed by atoms with Crippen LogP contribution in [0.15, 0.2) is 0 Å². The van der Waals surface area contributed by atoms with E-state index in [-0.39, 0.29) is 12.0 Å². The molecule has 16 heavy (non-hydrogen) atoms. The molecule has 1 aliphatic rings. The van der Waals surface area contributed by atoms with Crippen LogP contribution in [0.25, 0.3) is 0 Å². The summed E-state index contributed by atoms with van der Waals surface area (Å²) in [6.45, 7) is 1.14. The third-order valence-corrected chi connectivity index (χ3v) is 2.48. The Morgan fingerprint density at radius 2 is 2.19 bits per heavy atom. The minimum Gasteiger partial charge on any atom is -0.338 e. The third kappa shape index (κ3) is 2.26. The Kier molecular flexibility index (Phi) is 2.75. The summed E-state index contributed by atoms with van der Waals surface area (Å²) in [5.74, 6) is -0.996. The first-order valence-electron chi connectivity index (χ1n) is 4.97. The van der Waals surface area contributed by atoms with Gasteiger partial charge in [-0.3, -0.25) is 5.10 Å². The van der Waals surface area contributed by atoms with E-state index in [9.17, 15) is 13.2 Å². The average molecular weight is 235 g/mol. The smallest absolute Gasteiger partial charge is 0.338 e. The summed E-state index contributed by atoms with van der Waals surface area (Å²) in [7, 11) is 0. The van der Waals surface area contributed by atoms with E-state index in [1.54, 1.807) is 4.90 Å². The number of aromatic nitrogens is 3. The number of alkyl halides is 3. The van der Waals surface area contributed by atoms with E-state index in [0.717, 1.165) is 12.8 Å². The maximum absolute atomic E-state index is 12.3. The Bertz CT molecular complexity index is 361. The van der Waals surface area contributed by atoms with Crippen LogP contribution in [0, 0.1) is 0 Å². The number of rotatable bonds is 1. The van der Waals surface area contributed by atoms with Gasteiger partial charge in [-0.25, -0.2) is 0 Å². The third-order valence-electron chi connectivity index (χ3n) is 2.48. The van der Waals surface area contributed by atoms with E-state index < -0.39 is 12.0 Å². The fourth-order valence-electron chi connectivity index (χ4n) is 1.71. The van der Waals surface area contributed by atoms with Gasteiger partial charge in [-0.1, -0.05) is 0 Å². The fraction of sp³-hybridized carbons (Fsp3) is 0.750. The molecule has 1 aromatic heterocycles. The molecule has 5 nitrogen and oxygen atoms in total. The Hall–Kier alpha value is -1.31. The summed E-state index contributed by atoms with van der Waals surface area (Å²) in [4.78, 5) is 5.08. The van der Waals surface area contributed by atoms with E-state index >= 15 is 0 Å². The number of H-pyrrole nitrogens is 1. The highest BCUT2D eigenvalue weighted by Gasteiger charge is 2.36. The van der Waals surface area contributed by atoms with Gasteiger partial charge < -0.3 is 10.6 Å². The molecule has 2 heterocycles. The lowest BCUT2D eigenvalue weighted by Gasteiger charge is -2.29. The number of nitrogens with zero attached hydrogens (tertiary/aromatic N) is 3. The van der Waals surface area contributed by atoms with Gasteiger partial charge >= 0.3 is 6.18 Å². The average Bonchev–Trinajstić information content (AvgIpc) is 2.65. The molecule has 1 unspecified atom stereocenters. The number of hydrogen-bond donors (Lipinski definition) is 2. The largest absolute Gasteiger partial charge is 0.451 e. The van der Waals surface area contributed by atoms with Crippen molar-refractivity contribution in [1.29, 1.82) is 0 Å². The lowest BCUT2D eigenvalue weighted by Crippen LogP contribution is -2.43. The van der Waals surface area contributed by atoms with Crippen molar-refractivity contribution in [3.05, 3.63) is 5.82 Å². The van der Waals surface area contributed by atoms with E-state index in [1.807, 2.05) is 5.10 Å². The topological polar surface area (TPSA) is 70.8 Å². The van der Waals surface area contributed by atoms with Gasteiger partial charge in [-0.2, -0.15) is 18.2 Å². The Labute approximate surface area is 89.8 Å². The second-order valence-electron chi connectivity index (χ2n) is 3.83. The van der Waals surface area contributed by atoms with Crippen LogP contribution >= 0.6 is 0 Å². The van der Waals surface area contributed by atoms with Crippen molar-refractivity contribution < 1.29 is 13.2 Å². The van der Waals surface area contributed by atoms with Crippen molar-refractivity contribution in [3.8, 4) is 0 Å². The Balaban J connectivity index is 2.12. The number of anilines is 1. The van der Waals surface area contributed by atoms with Gasteiger partial charge in [0.05, 0.1) is 0 Å². The minimum atomic E-state index is -4.48. The maximum Gasteiger partial charge on any atom is 0.451 e. The number of hydrogen-bond acceptors (Lipinski definition) is 4. The molecule has 90 valence electrons. The molecule has 0 radical (unpaired) electrons. The van der Waals surface area contributed by atoms with Gasteiger partial charge in [-0.05, 0) is 12.8 Å². The van der Waals surface area contributed by atoms with E-state index in [2.05, 4.69) is 10.1 Å². The van der Waals surface area contributed by atoms with Crippen molar-refractivity contribution in [2.45, 2.75) is 25.1 Å². The first-order valence-corrected chi connectivity index (χ1v) is 4.97. The highest BCUT2D eigenvalue weighted by Crippen LogP contribution is 2.27. The Morgan fingerprint density at radius 1 is 1.44 bits per heavy atom. The Morgan fingerprint density at radius 3 is 2.75 bits per heavy atom. The quantitative estimate of drug-likeness (QED) is 0.753. The van der Waals surface area contributed by atoms with E-state index in [0.29, 0.717) is 13.1 Å². The first-order chi connectivity index (χ1) is 7.47. The van der Waals surface area contributed by atoms with Crippen molar-refractivity contribution >= 4 is 5.95 Å². The molecule has 0 amide bonds. The molecule has 0 aromatic carbocycles. The summed E-state index contributed by atoms with van der Waals surface area (Å²) in [6, 6.07) is -0.0263. The number of piperidine rings is 1. The SMILES string of the molecule is NC1CCCN(c2n[nH]c(C(F)(F)F)n2)C1. The number of aromatic amines is 1. The minimum absolute atomic E-state index is 0.0263. The van der Waals surface area contributed by atoms with Crippen LogP contribution in [0.2, 0.25) is 0 Å². The standard InChI is InChI=1S/C8H12F3N5/c9-8(10,11)6-13-7(15-14-6)16-3-1-2-5(12)4-16/h5H,1-4,12H2,(H,13,14,15). The summed E-state index contributed by atoms with van der Waals surface area (Å²) >= 11 is 0. The maximum atomic E-state index is 12.3. The summed E-state index contributed by atoms with van der Waals surface area (Å²) in [5.41, 5.74) is 5.73. The molecule has 3 N–H and O–H groups in total. The molecule has 0 aliphatic carbocycles. The van der Waals surface area contributed by atoms with Gasteiger partial charge in [0, 0.05) is 19.1 Å². The van der Waals surface area contributed by atoms with Crippen LogP contribution in [-0.2, 0) is 6.18 Å². The summed E-state index contributed by atoms with van der Waals surface area (Å²) < 4.78 is 36.8. The zero-order chi connectivity index (χ0) is 11.8. The molecule has 0 bridgehead atoms. The predicted octanol–water partition coefficient (Wildman–Crippen LogP) is 0.751. The predicted molar refractivity (Wildman–Crippen MR) is 50.8 cm³/mol. The zero-order valence-corrected chi connectivity index (χ0v) is 8.46. The summed E-state index contributed by atoms with van der Waals surface area (Å²) in [6.07, 6.45) is -2.76. The van der Waals surface area contributed by atoms with Crippen LogP contribution in [0.1, 0.15) is 18.7 Å². The lowest BCUT2D eigenvalue weighted by molar-refractivity contribution is -0.144. The molecular formula is C8H12F3N5. The normalized spacial score (nSPS) is 22.5. The molecule has 1 saturated heterocycles. The van der Waals surface area contributed by atoms with Crippen LogP contribution in [0.4, 0.5) is 19.1 Å². The zero-order valence-electron chi connectivity index (χ0n) is 8.46. The molecular weight excluding hydrogens is 223 g/mol.